The molecule has 0 aromatic rings. The van der Waals surface area contributed by atoms with Gasteiger partial charge >= 0.3 is 23.9 Å². The molecule has 0 aliphatic carbocycles. The van der Waals surface area contributed by atoms with E-state index >= 15 is 0 Å². The number of rotatable bonds is 11. The highest BCUT2D eigenvalue weighted by Crippen LogP contribution is 1.97. The van der Waals surface area contributed by atoms with E-state index in [4.69, 9.17) is 21.0 Å². The highest BCUT2D eigenvalue weighted by molar-refractivity contribution is 5.75. The van der Waals surface area contributed by atoms with E-state index in [-0.39, 0.29) is 13.1 Å². The van der Waals surface area contributed by atoms with E-state index in [1.165, 1.54) is 0 Å². The Kier molecular flexibility index (Phi) is 10.9. The van der Waals surface area contributed by atoms with Crippen LogP contribution in [0.15, 0.2) is 0 Å². The third kappa shape index (κ3) is 9.62. The summed E-state index contributed by atoms with van der Waals surface area (Å²) in [4.78, 5) is 60.0. The Bertz CT molecular complexity index is 366. The molecule has 0 saturated heterocycles. The van der Waals surface area contributed by atoms with Crippen LogP contribution < -0.4 is 0 Å². The van der Waals surface area contributed by atoms with Gasteiger partial charge in [-0.25, -0.2) is 19.2 Å². The first-order valence-corrected chi connectivity index (χ1v) is 6.17. The van der Waals surface area contributed by atoms with Crippen molar-refractivity contribution >= 4 is 23.9 Å². The molecular formula is C10H16N2O12. The van der Waals surface area contributed by atoms with Gasteiger partial charge < -0.3 is 0 Å². The van der Waals surface area contributed by atoms with Crippen LogP contribution in [0, 0.1) is 0 Å². The van der Waals surface area contributed by atoms with Crippen molar-refractivity contribution in [2.24, 2.45) is 0 Å². The fraction of sp³-hybridized carbons (Fsp3) is 0.600. The topological polar surface area (TPSA) is 193 Å². The smallest absolute Gasteiger partial charge is 0.300 e. The minimum absolute atomic E-state index is 0.165. The van der Waals surface area contributed by atoms with Gasteiger partial charge in [0.05, 0.1) is 0 Å². The predicted octanol–water partition coefficient (Wildman–Crippen LogP) is -2.34. The maximum absolute atomic E-state index is 11.0. The van der Waals surface area contributed by atoms with Crippen molar-refractivity contribution in [2.75, 3.05) is 39.3 Å². The maximum Gasteiger partial charge on any atom is 0.355 e. The number of carbonyl (C=O) groups excluding carboxylic acids is 4. The van der Waals surface area contributed by atoms with Gasteiger partial charge in [0.15, 0.2) is 0 Å². The van der Waals surface area contributed by atoms with E-state index in [1.807, 2.05) is 0 Å². The predicted molar refractivity (Wildman–Crippen MR) is 67.8 cm³/mol. The van der Waals surface area contributed by atoms with Crippen molar-refractivity contribution in [3.63, 3.8) is 0 Å². The van der Waals surface area contributed by atoms with Crippen LogP contribution in [0.2, 0.25) is 0 Å². The first kappa shape index (κ1) is 21.6. The summed E-state index contributed by atoms with van der Waals surface area (Å²) in [6.07, 6.45) is 0. The summed E-state index contributed by atoms with van der Waals surface area (Å²) in [6, 6.07) is 0. The van der Waals surface area contributed by atoms with E-state index < -0.39 is 50.1 Å². The molecule has 0 unspecified atom stereocenters. The first-order chi connectivity index (χ1) is 11.4. The van der Waals surface area contributed by atoms with Crippen LogP contribution in [0.4, 0.5) is 0 Å². The Balaban J connectivity index is 4.78. The minimum Gasteiger partial charge on any atom is -0.300 e. The summed E-state index contributed by atoms with van der Waals surface area (Å²) in [5.74, 6) is -4.51. The van der Waals surface area contributed by atoms with E-state index in [1.54, 1.807) is 0 Å². The zero-order valence-corrected chi connectivity index (χ0v) is 12.2. The van der Waals surface area contributed by atoms with Gasteiger partial charge in [0.1, 0.15) is 26.2 Å². The molecule has 0 heterocycles. The van der Waals surface area contributed by atoms with Crippen LogP contribution >= 0.6 is 0 Å². The highest BCUT2D eigenvalue weighted by Gasteiger charge is 2.21. The summed E-state index contributed by atoms with van der Waals surface area (Å²) in [6.45, 7) is -2.69. The van der Waals surface area contributed by atoms with Crippen molar-refractivity contribution in [1.29, 1.82) is 0 Å². The highest BCUT2D eigenvalue weighted by atomic mass is 17.1. The van der Waals surface area contributed by atoms with Gasteiger partial charge in [0, 0.05) is 13.1 Å². The molecule has 0 amide bonds. The van der Waals surface area contributed by atoms with Gasteiger partial charge in [-0.15, -0.1) is 0 Å². The summed E-state index contributed by atoms with van der Waals surface area (Å²) < 4.78 is 0. The summed E-state index contributed by atoms with van der Waals surface area (Å²) >= 11 is 0. The molecular weight excluding hydrogens is 340 g/mol. The Morgan fingerprint density at radius 2 is 0.750 bits per heavy atom. The van der Waals surface area contributed by atoms with Crippen LogP contribution in [0.5, 0.6) is 0 Å². The Labute approximate surface area is 134 Å². The lowest BCUT2D eigenvalue weighted by Gasteiger charge is -2.24. The summed E-state index contributed by atoms with van der Waals surface area (Å²) in [7, 11) is 0. The molecule has 14 heteroatoms. The van der Waals surface area contributed by atoms with Crippen LogP contribution in [0.3, 0.4) is 0 Å². The fourth-order valence-corrected chi connectivity index (χ4v) is 1.56. The first-order valence-electron chi connectivity index (χ1n) is 6.17. The third-order valence-corrected chi connectivity index (χ3v) is 2.55. The van der Waals surface area contributed by atoms with Crippen molar-refractivity contribution in [2.45, 2.75) is 0 Å². The minimum atomic E-state index is -1.13. The van der Waals surface area contributed by atoms with Gasteiger partial charge in [-0.05, 0) is 0 Å². The van der Waals surface area contributed by atoms with Gasteiger partial charge in [-0.2, -0.15) is 21.0 Å². The van der Waals surface area contributed by atoms with Crippen molar-refractivity contribution in [3.8, 4) is 0 Å². The molecule has 14 nitrogen and oxygen atoms in total. The molecule has 0 aromatic carbocycles. The van der Waals surface area contributed by atoms with Crippen molar-refractivity contribution < 1.29 is 59.8 Å². The average molecular weight is 356 g/mol. The molecule has 24 heavy (non-hydrogen) atoms. The second-order valence-electron chi connectivity index (χ2n) is 4.27. The summed E-state index contributed by atoms with van der Waals surface area (Å²) in [5.41, 5.74) is 0. The van der Waals surface area contributed by atoms with Gasteiger partial charge in [0.25, 0.3) is 0 Å². The molecule has 4 N–H and O–H groups in total. The molecule has 0 aliphatic heterocycles. The Hall–Kier alpha value is -2.36. The number of hydrogen-bond acceptors (Lipinski definition) is 14. The molecule has 0 atom stereocenters. The van der Waals surface area contributed by atoms with Crippen LogP contribution in [0.25, 0.3) is 0 Å². The molecule has 0 aromatic heterocycles. The number of nitrogens with zero attached hydrogens (tertiary/aromatic N) is 2. The Morgan fingerprint density at radius 1 is 0.542 bits per heavy atom. The van der Waals surface area contributed by atoms with Gasteiger partial charge in [-0.1, -0.05) is 0 Å². The SMILES string of the molecule is O=C(CN(CCN(CC(=O)OO)CC(=O)OO)CC(=O)OO)OO. The van der Waals surface area contributed by atoms with Crippen LogP contribution in [-0.2, 0) is 38.7 Å². The van der Waals surface area contributed by atoms with Crippen molar-refractivity contribution in [1.82, 2.24) is 9.80 Å². The number of hydrogen-bond donors (Lipinski definition) is 4. The van der Waals surface area contributed by atoms with E-state index in [0.717, 1.165) is 9.80 Å². The lowest BCUT2D eigenvalue weighted by Crippen LogP contribution is -2.44. The molecule has 0 radical (unpaired) electrons. The standard InChI is InChI=1S/C10H16N2O12/c13-7(21-17)3-11(4-8(14)22-18)1-2-12(5-9(15)23-19)6-10(16)24-20/h17-20H,1-6H2. The fourth-order valence-electron chi connectivity index (χ4n) is 1.56. The quantitative estimate of drug-likeness (QED) is 0.175. The second-order valence-corrected chi connectivity index (χ2v) is 4.27. The molecule has 0 saturated carbocycles. The Morgan fingerprint density at radius 3 is 0.917 bits per heavy atom. The van der Waals surface area contributed by atoms with E-state index in [2.05, 4.69) is 19.6 Å². The van der Waals surface area contributed by atoms with Crippen molar-refractivity contribution in [3.05, 3.63) is 0 Å². The molecule has 0 bridgehead atoms. The average Bonchev–Trinajstić information content (AvgIpc) is 2.58. The van der Waals surface area contributed by atoms with Gasteiger partial charge in [0.2, 0.25) is 0 Å². The number of carbonyl (C=O) groups is 4. The molecule has 0 spiro atoms. The normalized spacial score (nSPS) is 10.4. The maximum atomic E-state index is 11.0. The molecule has 0 fully saturated rings. The molecule has 0 rings (SSSR count). The third-order valence-electron chi connectivity index (χ3n) is 2.55. The van der Waals surface area contributed by atoms with E-state index in [9.17, 15) is 19.2 Å². The zero-order chi connectivity index (χ0) is 18.5. The zero-order valence-electron chi connectivity index (χ0n) is 12.2. The van der Waals surface area contributed by atoms with Crippen LogP contribution in [-0.4, -0.2) is 94.0 Å². The van der Waals surface area contributed by atoms with Gasteiger partial charge in [-0.3, -0.25) is 29.4 Å². The summed E-state index contributed by atoms with van der Waals surface area (Å²) in [5, 5.41) is 32.9. The van der Waals surface area contributed by atoms with E-state index in [0.29, 0.717) is 0 Å². The van der Waals surface area contributed by atoms with Crippen LogP contribution in [0.1, 0.15) is 0 Å². The monoisotopic (exact) mass is 356 g/mol. The largest absolute Gasteiger partial charge is 0.355 e. The molecule has 0 aliphatic rings. The lowest BCUT2D eigenvalue weighted by molar-refractivity contribution is -0.240. The molecule has 138 valence electrons. The second kappa shape index (κ2) is 12.1. The lowest BCUT2D eigenvalue weighted by atomic mass is 10.4.